The summed E-state index contributed by atoms with van der Waals surface area (Å²) in [6, 6.07) is 3.09. The molecule has 2 rings (SSSR count). The van der Waals surface area contributed by atoms with Gasteiger partial charge in [0, 0.05) is 12.7 Å². The molecule has 1 aromatic heterocycles. The van der Waals surface area contributed by atoms with E-state index in [1.807, 2.05) is 20.8 Å². The normalized spacial score (nSPS) is 18.9. The maximum atomic E-state index is 12.3. The van der Waals surface area contributed by atoms with Crippen molar-refractivity contribution in [2.75, 3.05) is 13.2 Å². The first-order valence-electron chi connectivity index (χ1n) is 7.63. The average molecular weight is 308 g/mol. The predicted octanol–water partition coefficient (Wildman–Crippen LogP) is 2.96. The largest absolute Gasteiger partial charge is 0.503 e. The zero-order chi connectivity index (χ0) is 16.2. The van der Waals surface area contributed by atoms with Crippen LogP contribution in [0.4, 0.5) is 4.79 Å². The Balaban J connectivity index is 1.98. The molecule has 0 aliphatic carbocycles. The van der Waals surface area contributed by atoms with E-state index < -0.39 is 5.60 Å². The smallest absolute Gasteiger partial charge is 0.410 e. The number of amides is 1. The summed E-state index contributed by atoms with van der Waals surface area (Å²) in [6.45, 7) is 6.52. The third-order valence-corrected chi connectivity index (χ3v) is 3.42. The van der Waals surface area contributed by atoms with E-state index >= 15 is 0 Å². The standard InChI is InChI=1S/C16H24N2O4/c1-16(2,3)22-15(20)18-10-5-4-7-12(18)11-21-14-13(19)8-6-9-17-14/h6,8-9,12,19H,4-5,7,10-11H2,1-3H3. The lowest BCUT2D eigenvalue weighted by Gasteiger charge is -2.36. The summed E-state index contributed by atoms with van der Waals surface area (Å²) in [7, 11) is 0. The molecule has 1 aromatic rings. The van der Waals surface area contributed by atoms with Gasteiger partial charge in [-0.25, -0.2) is 9.78 Å². The molecule has 1 atom stereocenters. The fraction of sp³-hybridized carbons (Fsp3) is 0.625. The Labute approximate surface area is 131 Å². The van der Waals surface area contributed by atoms with Crippen molar-refractivity contribution in [1.29, 1.82) is 0 Å². The summed E-state index contributed by atoms with van der Waals surface area (Å²) >= 11 is 0. The van der Waals surface area contributed by atoms with Gasteiger partial charge in [0.05, 0.1) is 6.04 Å². The monoisotopic (exact) mass is 308 g/mol. The molecule has 0 spiro atoms. The van der Waals surface area contributed by atoms with E-state index in [1.165, 1.54) is 6.07 Å². The van der Waals surface area contributed by atoms with Crippen molar-refractivity contribution >= 4 is 6.09 Å². The maximum absolute atomic E-state index is 12.3. The van der Waals surface area contributed by atoms with E-state index in [0.29, 0.717) is 13.2 Å². The fourth-order valence-corrected chi connectivity index (χ4v) is 2.40. The number of hydrogen-bond donors (Lipinski definition) is 1. The lowest BCUT2D eigenvalue weighted by Crippen LogP contribution is -2.48. The lowest BCUT2D eigenvalue weighted by atomic mass is 10.0. The van der Waals surface area contributed by atoms with E-state index in [2.05, 4.69) is 4.98 Å². The SMILES string of the molecule is CC(C)(C)OC(=O)N1CCCCC1COc1ncccc1O. The van der Waals surface area contributed by atoms with Crippen LogP contribution in [0.25, 0.3) is 0 Å². The molecule has 0 saturated carbocycles. The summed E-state index contributed by atoms with van der Waals surface area (Å²) in [5.41, 5.74) is -0.515. The van der Waals surface area contributed by atoms with Crippen molar-refractivity contribution in [2.45, 2.75) is 51.7 Å². The molecule has 2 heterocycles. The highest BCUT2D eigenvalue weighted by Crippen LogP contribution is 2.24. The van der Waals surface area contributed by atoms with Crippen molar-refractivity contribution in [3.63, 3.8) is 0 Å². The van der Waals surface area contributed by atoms with Crippen LogP contribution in [0.15, 0.2) is 18.3 Å². The molecule has 1 aliphatic rings. The topological polar surface area (TPSA) is 71.9 Å². The van der Waals surface area contributed by atoms with Gasteiger partial charge in [-0.2, -0.15) is 0 Å². The maximum Gasteiger partial charge on any atom is 0.410 e. The van der Waals surface area contributed by atoms with Crippen molar-refractivity contribution in [1.82, 2.24) is 9.88 Å². The van der Waals surface area contributed by atoms with Crippen molar-refractivity contribution < 1.29 is 19.4 Å². The minimum absolute atomic E-state index is 0.00197. The number of ether oxygens (including phenoxy) is 2. The Morgan fingerprint density at radius 3 is 2.91 bits per heavy atom. The molecule has 22 heavy (non-hydrogen) atoms. The summed E-state index contributed by atoms with van der Waals surface area (Å²) in [4.78, 5) is 18.0. The van der Waals surface area contributed by atoms with Crippen LogP contribution in [0.3, 0.4) is 0 Å². The van der Waals surface area contributed by atoms with Crippen LogP contribution in [0.2, 0.25) is 0 Å². The third-order valence-electron chi connectivity index (χ3n) is 3.42. The van der Waals surface area contributed by atoms with E-state index in [0.717, 1.165) is 19.3 Å². The van der Waals surface area contributed by atoms with Crippen LogP contribution in [0, 0.1) is 0 Å². The molecule has 6 heteroatoms. The molecule has 1 aliphatic heterocycles. The Bertz CT molecular complexity index is 513. The Morgan fingerprint density at radius 1 is 1.45 bits per heavy atom. The number of carbonyl (C=O) groups excluding carboxylic acids is 1. The zero-order valence-corrected chi connectivity index (χ0v) is 13.4. The van der Waals surface area contributed by atoms with Gasteiger partial charge >= 0.3 is 6.09 Å². The molecule has 1 fully saturated rings. The second-order valence-corrected chi connectivity index (χ2v) is 6.46. The number of hydrogen-bond acceptors (Lipinski definition) is 5. The van der Waals surface area contributed by atoms with Crippen LogP contribution in [0.5, 0.6) is 11.6 Å². The first-order valence-corrected chi connectivity index (χ1v) is 7.63. The van der Waals surface area contributed by atoms with Gasteiger partial charge in [0.1, 0.15) is 12.2 Å². The van der Waals surface area contributed by atoms with Crippen LogP contribution in [0.1, 0.15) is 40.0 Å². The van der Waals surface area contributed by atoms with Gasteiger partial charge in [0.25, 0.3) is 5.88 Å². The quantitative estimate of drug-likeness (QED) is 0.929. The summed E-state index contributed by atoms with van der Waals surface area (Å²) < 4.78 is 11.0. The number of nitrogens with zero attached hydrogens (tertiary/aromatic N) is 2. The molecule has 0 bridgehead atoms. The number of pyridine rings is 1. The lowest BCUT2D eigenvalue weighted by molar-refractivity contribution is 0.00324. The van der Waals surface area contributed by atoms with Crippen molar-refractivity contribution in [2.24, 2.45) is 0 Å². The first-order chi connectivity index (χ1) is 10.4. The molecule has 1 amide bonds. The number of piperidine rings is 1. The van der Waals surface area contributed by atoms with Gasteiger partial charge in [0.2, 0.25) is 0 Å². The molecule has 1 saturated heterocycles. The van der Waals surface area contributed by atoms with Crippen molar-refractivity contribution in [3.8, 4) is 11.6 Å². The van der Waals surface area contributed by atoms with Gasteiger partial charge in [-0.1, -0.05) is 0 Å². The molecular weight excluding hydrogens is 284 g/mol. The highest BCUT2D eigenvalue weighted by molar-refractivity contribution is 5.68. The number of aromatic hydroxyl groups is 1. The van der Waals surface area contributed by atoms with Crippen LogP contribution in [-0.2, 0) is 4.74 Å². The number of likely N-dealkylation sites (tertiary alicyclic amines) is 1. The van der Waals surface area contributed by atoms with E-state index in [9.17, 15) is 9.90 Å². The van der Waals surface area contributed by atoms with Gasteiger partial charge in [-0.3, -0.25) is 0 Å². The first kappa shape index (κ1) is 16.4. The highest BCUT2D eigenvalue weighted by Gasteiger charge is 2.31. The van der Waals surface area contributed by atoms with Gasteiger partial charge in [-0.05, 0) is 52.2 Å². The predicted molar refractivity (Wildman–Crippen MR) is 82.0 cm³/mol. The van der Waals surface area contributed by atoms with Gasteiger partial charge in [0.15, 0.2) is 5.75 Å². The Hall–Kier alpha value is -1.98. The Kier molecular flexibility index (Phi) is 5.11. The van der Waals surface area contributed by atoms with Crippen molar-refractivity contribution in [3.05, 3.63) is 18.3 Å². The van der Waals surface area contributed by atoms with E-state index in [4.69, 9.17) is 9.47 Å². The zero-order valence-electron chi connectivity index (χ0n) is 13.4. The molecule has 122 valence electrons. The number of carbonyl (C=O) groups is 1. The molecular formula is C16H24N2O4. The van der Waals surface area contributed by atoms with Crippen LogP contribution >= 0.6 is 0 Å². The molecule has 6 nitrogen and oxygen atoms in total. The fourth-order valence-electron chi connectivity index (χ4n) is 2.40. The number of aromatic nitrogens is 1. The summed E-state index contributed by atoms with van der Waals surface area (Å²) in [5, 5.41) is 9.68. The molecule has 0 aromatic carbocycles. The average Bonchev–Trinajstić information content (AvgIpc) is 2.45. The van der Waals surface area contributed by atoms with Crippen LogP contribution in [-0.4, -0.2) is 45.9 Å². The molecule has 1 unspecified atom stereocenters. The van der Waals surface area contributed by atoms with E-state index in [-0.39, 0.29) is 23.8 Å². The summed E-state index contributed by atoms with van der Waals surface area (Å²) in [6.07, 6.45) is 4.10. The van der Waals surface area contributed by atoms with E-state index in [1.54, 1.807) is 17.2 Å². The van der Waals surface area contributed by atoms with Gasteiger partial charge < -0.3 is 19.5 Å². The molecule has 0 radical (unpaired) electrons. The van der Waals surface area contributed by atoms with Crippen LogP contribution < -0.4 is 4.74 Å². The summed E-state index contributed by atoms with van der Waals surface area (Å²) in [5.74, 6) is 0.194. The number of rotatable bonds is 3. The Morgan fingerprint density at radius 2 is 2.23 bits per heavy atom. The third kappa shape index (κ3) is 4.51. The minimum atomic E-state index is -0.515. The molecule has 1 N–H and O–H groups in total. The second-order valence-electron chi connectivity index (χ2n) is 6.46. The minimum Gasteiger partial charge on any atom is -0.503 e. The highest BCUT2D eigenvalue weighted by atomic mass is 16.6. The van der Waals surface area contributed by atoms with Gasteiger partial charge in [-0.15, -0.1) is 0 Å². The second kappa shape index (κ2) is 6.85.